The van der Waals surface area contributed by atoms with E-state index >= 15 is 0 Å². The van der Waals surface area contributed by atoms with Crippen LogP contribution in [0.15, 0.2) is 48.7 Å². The third-order valence-corrected chi connectivity index (χ3v) is 3.26. The Bertz CT molecular complexity index is 597. The summed E-state index contributed by atoms with van der Waals surface area (Å²) < 4.78 is 5.95. The van der Waals surface area contributed by atoms with E-state index < -0.39 is 5.97 Å². The van der Waals surface area contributed by atoms with E-state index in [1.165, 1.54) is 12.3 Å². The lowest BCUT2D eigenvalue weighted by Crippen LogP contribution is -2.19. The van der Waals surface area contributed by atoms with Crippen molar-refractivity contribution in [2.75, 3.05) is 20.6 Å². The number of benzene rings is 1. The summed E-state index contributed by atoms with van der Waals surface area (Å²) in [5.74, 6) is -0.566. The Labute approximate surface area is 130 Å². The molecule has 0 aliphatic rings. The number of rotatable bonds is 7. The first-order valence-electron chi connectivity index (χ1n) is 7.12. The van der Waals surface area contributed by atoms with Gasteiger partial charge in [-0.25, -0.2) is 9.78 Å². The van der Waals surface area contributed by atoms with Gasteiger partial charge in [0, 0.05) is 25.2 Å². The normalized spacial score (nSPS) is 12.1. The topological polar surface area (TPSA) is 62.7 Å². The van der Waals surface area contributed by atoms with E-state index in [0.717, 1.165) is 18.5 Å². The van der Waals surface area contributed by atoms with Crippen LogP contribution in [0.1, 0.15) is 28.4 Å². The maximum atomic E-state index is 10.8. The molecule has 5 heteroatoms. The van der Waals surface area contributed by atoms with Crippen molar-refractivity contribution in [1.29, 1.82) is 0 Å². The third-order valence-electron chi connectivity index (χ3n) is 3.26. The van der Waals surface area contributed by atoms with Crippen molar-refractivity contribution in [1.82, 2.24) is 9.88 Å². The van der Waals surface area contributed by atoms with E-state index in [1.54, 1.807) is 6.07 Å². The van der Waals surface area contributed by atoms with Crippen LogP contribution < -0.4 is 4.74 Å². The molecule has 1 aromatic heterocycles. The van der Waals surface area contributed by atoms with Crippen LogP contribution in [0.3, 0.4) is 0 Å². The van der Waals surface area contributed by atoms with Crippen LogP contribution in [0.2, 0.25) is 0 Å². The van der Waals surface area contributed by atoms with E-state index in [9.17, 15) is 4.79 Å². The average molecular weight is 300 g/mol. The minimum absolute atomic E-state index is 0.119. The Morgan fingerprint density at radius 3 is 2.50 bits per heavy atom. The fourth-order valence-electron chi connectivity index (χ4n) is 2.06. The van der Waals surface area contributed by atoms with Crippen molar-refractivity contribution in [2.45, 2.75) is 12.5 Å². The number of carboxylic acids is 1. The number of aromatic carboxylic acids is 1. The largest absolute Gasteiger partial charge is 0.478 e. The van der Waals surface area contributed by atoms with Crippen molar-refractivity contribution in [3.8, 4) is 5.88 Å². The van der Waals surface area contributed by atoms with Crippen molar-refractivity contribution >= 4 is 5.97 Å². The molecule has 0 aliphatic carbocycles. The standard InChI is InChI=1S/C17H20N2O3/c1-19(2)11-10-15(13-6-4-3-5-7-13)22-16-9-8-14(12-18-16)17(20)21/h3-9,12,15H,10-11H2,1-2H3,(H,20,21). The molecule has 0 spiro atoms. The highest BCUT2D eigenvalue weighted by Crippen LogP contribution is 2.23. The molecule has 0 amide bonds. The number of carboxylic acid groups (broad SMARTS) is 1. The smallest absolute Gasteiger partial charge is 0.337 e. The van der Waals surface area contributed by atoms with Crippen LogP contribution >= 0.6 is 0 Å². The SMILES string of the molecule is CN(C)CCC(Oc1ccc(C(=O)O)cn1)c1ccccc1. The number of ether oxygens (including phenoxy) is 1. The lowest BCUT2D eigenvalue weighted by atomic mass is 10.1. The molecule has 5 nitrogen and oxygen atoms in total. The first-order valence-corrected chi connectivity index (χ1v) is 7.12. The summed E-state index contributed by atoms with van der Waals surface area (Å²) in [6, 6.07) is 13.0. The molecule has 0 fully saturated rings. The van der Waals surface area contributed by atoms with Crippen LogP contribution in [0.4, 0.5) is 0 Å². The molecule has 1 atom stereocenters. The monoisotopic (exact) mass is 300 g/mol. The van der Waals surface area contributed by atoms with Gasteiger partial charge < -0.3 is 14.7 Å². The van der Waals surface area contributed by atoms with Gasteiger partial charge >= 0.3 is 5.97 Å². The van der Waals surface area contributed by atoms with E-state index in [4.69, 9.17) is 9.84 Å². The van der Waals surface area contributed by atoms with Gasteiger partial charge in [-0.2, -0.15) is 0 Å². The number of pyridine rings is 1. The summed E-state index contributed by atoms with van der Waals surface area (Å²) in [4.78, 5) is 17.0. The summed E-state index contributed by atoms with van der Waals surface area (Å²) in [7, 11) is 4.03. The molecular weight excluding hydrogens is 280 g/mol. The van der Waals surface area contributed by atoms with Gasteiger partial charge in [-0.3, -0.25) is 0 Å². The average Bonchev–Trinajstić information content (AvgIpc) is 2.52. The lowest BCUT2D eigenvalue weighted by Gasteiger charge is -2.21. The van der Waals surface area contributed by atoms with Crippen LogP contribution in [-0.2, 0) is 0 Å². The first-order chi connectivity index (χ1) is 10.6. The van der Waals surface area contributed by atoms with Gasteiger partial charge in [-0.1, -0.05) is 30.3 Å². The highest BCUT2D eigenvalue weighted by atomic mass is 16.5. The zero-order chi connectivity index (χ0) is 15.9. The molecule has 1 N–H and O–H groups in total. The second kappa shape index (κ2) is 7.56. The minimum Gasteiger partial charge on any atom is -0.478 e. The second-order valence-corrected chi connectivity index (χ2v) is 5.30. The van der Waals surface area contributed by atoms with Crippen LogP contribution in [-0.4, -0.2) is 41.6 Å². The third kappa shape index (κ3) is 4.56. The fourth-order valence-corrected chi connectivity index (χ4v) is 2.06. The molecule has 116 valence electrons. The van der Waals surface area contributed by atoms with Crippen molar-refractivity contribution < 1.29 is 14.6 Å². The number of nitrogens with zero attached hydrogens (tertiary/aromatic N) is 2. The van der Waals surface area contributed by atoms with Crippen molar-refractivity contribution in [3.05, 3.63) is 59.8 Å². The molecule has 2 rings (SSSR count). The molecule has 1 heterocycles. The Morgan fingerprint density at radius 1 is 1.23 bits per heavy atom. The Balaban J connectivity index is 2.13. The molecule has 0 aliphatic heterocycles. The van der Waals surface area contributed by atoms with E-state index in [2.05, 4.69) is 9.88 Å². The summed E-state index contributed by atoms with van der Waals surface area (Å²) in [5, 5.41) is 8.89. The molecule has 0 bridgehead atoms. The summed E-state index contributed by atoms with van der Waals surface area (Å²) in [5.41, 5.74) is 1.23. The van der Waals surface area contributed by atoms with Gasteiger partial charge in [0.2, 0.25) is 5.88 Å². The number of carbonyl (C=O) groups is 1. The zero-order valence-electron chi connectivity index (χ0n) is 12.8. The van der Waals surface area contributed by atoms with E-state index in [0.29, 0.717) is 5.88 Å². The van der Waals surface area contributed by atoms with Crippen LogP contribution in [0, 0.1) is 0 Å². The lowest BCUT2D eigenvalue weighted by molar-refractivity contribution is 0.0696. The quantitative estimate of drug-likeness (QED) is 0.852. The first kappa shape index (κ1) is 16.0. The predicted octanol–water partition coefficient (Wildman–Crippen LogP) is 2.85. The summed E-state index contributed by atoms with van der Waals surface area (Å²) in [6.07, 6.45) is 2.01. The molecule has 22 heavy (non-hydrogen) atoms. The van der Waals surface area contributed by atoms with Gasteiger partial charge in [-0.15, -0.1) is 0 Å². The predicted molar refractivity (Wildman–Crippen MR) is 84.2 cm³/mol. The molecule has 1 aromatic carbocycles. The highest BCUT2D eigenvalue weighted by molar-refractivity contribution is 5.87. The molecule has 1 unspecified atom stereocenters. The summed E-state index contributed by atoms with van der Waals surface area (Å²) in [6.45, 7) is 0.882. The molecule has 0 radical (unpaired) electrons. The molecule has 0 saturated heterocycles. The maximum absolute atomic E-state index is 10.8. The number of hydrogen-bond donors (Lipinski definition) is 1. The van der Waals surface area contributed by atoms with Gasteiger partial charge in [0.05, 0.1) is 5.56 Å². The minimum atomic E-state index is -0.994. The second-order valence-electron chi connectivity index (χ2n) is 5.30. The van der Waals surface area contributed by atoms with Crippen molar-refractivity contribution in [3.63, 3.8) is 0 Å². The Kier molecular flexibility index (Phi) is 5.49. The number of hydrogen-bond acceptors (Lipinski definition) is 4. The Morgan fingerprint density at radius 2 is 1.95 bits per heavy atom. The van der Waals surface area contributed by atoms with Gasteiger partial charge in [0.25, 0.3) is 0 Å². The van der Waals surface area contributed by atoms with Gasteiger partial charge in [0.15, 0.2) is 0 Å². The van der Waals surface area contributed by atoms with E-state index in [1.807, 2.05) is 44.4 Å². The van der Waals surface area contributed by atoms with E-state index in [-0.39, 0.29) is 11.7 Å². The van der Waals surface area contributed by atoms with Gasteiger partial charge in [0.1, 0.15) is 6.10 Å². The highest BCUT2D eigenvalue weighted by Gasteiger charge is 2.14. The maximum Gasteiger partial charge on any atom is 0.337 e. The molecule has 0 saturated carbocycles. The Hall–Kier alpha value is -2.40. The van der Waals surface area contributed by atoms with Gasteiger partial charge in [-0.05, 0) is 25.7 Å². The van der Waals surface area contributed by atoms with Crippen LogP contribution in [0.5, 0.6) is 5.88 Å². The fraction of sp³-hybridized carbons (Fsp3) is 0.294. The summed E-state index contributed by atoms with van der Waals surface area (Å²) >= 11 is 0. The zero-order valence-corrected chi connectivity index (χ0v) is 12.8. The molecule has 2 aromatic rings. The van der Waals surface area contributed by atoms with Crippen LogP contribution in [0.25, 0.3) is 0 Å². The number of aromatic nitrogens is 1. The van der Waals surface area contributed by atoms with Crippen molar-refractivity contribution in [2.24, 2.45) is 0 Å². The molecular formula is C17H20N2O3.